The second kappa shape index (κ2) is 6.03. The van der Waals surface area contributed by atoms with Gasteiger partial charge in [-0.25, -0.2) is 4.98 Å². The van der Waals surface area contributed by atoms with Gasteiger partial charge >= 0.3 is 5.97 Å². The third-order valence-corrected chi connectivity index (χ3v) is 3.80. The monoisotopic (exact) mass is 231 g/mol. The van der Waals surface area contributed by atoms with Crippen molar-refractivity contribution in [1.29, 1.82) is 0 Å². The minimum Gasteiger partial charge on any atom is -0.469 e. The molecule has 0 radical (unpaired) electrons. The Hall–Kier alpha value is -0.550. The van der Waals surface area contributed by atoms with Crippen molar-refractivity contribution in [2.24, 2.45) is 0 Å². The highest BCUT2D eigenvalue weighted by molar-refractivity contribution is 8.00. The molecule has 1 heterocycles. The number of nitrogens with zero attached hydrogens (tertiary/aromatic N) is 1. The molecule has 1 aromatic heterocycles. The van der Waals surface area contributed by atoms with Gasteiger partial charge in [0.05, 0.1) is 7.11 Å². The highest BCUT2D eigenvalue weighted by atomic mass is 32.2. The molecule has 0 bridgehead atoms. The Bertz CT molecular complexity index is 299. The van der Waals surface area contributed by atoms with Crippen molar-refractivity contribution < 1.29 is 9.53 Å². The summed E-state index contributed by atoms with van der Waals surface area (Å²) in [5.74, 6) is 0.781. The van der Waals surface area contributed by atoms with Crippen molar-refractivity contribution in [2.75, 3.05) is 12.9 Å². The molecular formula is C9H13NO2S2. The van der Waals surface area contributed by atoms with E-state index in [0.717, 1.165) is 22.2 Å². The highest BCUT2D eigenvalue weighted by Gasteiger charge is 2.02. The summed E-state index contributed by atoms with van der Waals surface area (Å²) in [6.07, 6.45) is 1.34. The van der Waals surface area contributed by atoms with Crippen LogP contribution in [0.25, 0.3) is 0 Å². The molecule has 5 heteroatoms. The van der Waals surface area contributed by atoms with Gasteiger partial charge in [-0.15, -0.1) is 11.3 Å². The minimum atomic E-state index is -0.138. The Labute approximate surface area is 91.9 Å². The van der Waals surface area contributed by atoms with Crippen LogP contribution in [0.3, 0.4) is 0 Å². The average molecular weight is 231 g/mol. The molecule has 3 nitrogen and oxygen atoms in total. The second-order valence-electron chi connectivity index (χ2n) is 2.78. The lowest BCUT2D eigenvalue weighted by Gasteiger charge is -1.97. The Balaban J connectivity index is 2.13. The summed E-state index contributed by atoms with van der Waals surface area (Å²) in [7, 11) is 1.42. The van der Waals surface area contributed by atoms with E-state index in [9.17, 15) is 4.79 Å². The summed E-state index contributed by atoms with van der Waals surface area (Å²) in [5.41, 5.74) is 1.06. The number of rotatable bonds is 5. The van der Waals surface area contributed by atoms with Crippen LogP contribution in [-0.4, -0.2) is 23.8 Å². The van der Waals surface area contributed by atoms with Crippen LogP contribution in [-0.2, 0) is 9.53 Å². The molecule has 0 spiro atoms. The Morgan fingerprint density at radius 2 is 2.50 bits per heavy atom. The van der Waals surface area contributed by atoms with Gasteiger partial charge in [-0.2, -0.15) is 0 Å². The zero-order valence-corrected chi connectivity index (χ0v) is 9.91. The number of methoxy groups -OCH3 is 1. The van der Waals surface area contributed by atoms with Gasteiger partial charge in [0.2, 0.25) is 0 Å². The molecule has 0 amide bonds. The van der Waals surface area contributed by atoms with Crippen LogP contribution in [0.5, 0.6) is 0 Å². The van der Waals surface area contributed by atoms with Crippen LogP contribution in [0.1, 0.15) is 18.5 Å². The Kier molecular flexibility index (Phi) is 4.97. The van der Waals surface area contributed by atoms with E-state index < -0.39 is 0 Å². The van der Waals surface area contributed by atoms with Crippen molar-refractivity contribution in [3.8, 4) is 0 Å². The van der Waals surface area contributed by atoms with E-state index >= 15 is 0 Å². The van der Waals surface area contributed by atoms with E-state index in [-0.39, 0.29) is 5.97 Å². The van der Waals surface area contributed by atoms with Crippen molar-refractivity contribution in [3.05, 3.63) is 11.1 Å². The second-order valence-corrected chi connectivity index (χ2v) is 4.98. The summed E-state index contributed by atoms with van der Waals surface area (Å²) >= 11 is 3.34. The molecule has 0 N–H and O–H groups in total. The van der Waals surface area contributed by atoms with Crippen molar-refractivity contribution in [1.82, 2.24) is 4.98 Å². The summed E-state index contributed by atoms with van der Waals surface area (Å²) in [6, 6.07) is 0. The van der Waals surface area contributed by atoms with Crippen molar-refractivity contribution in [3.63, 3.8) is 0 Å². The molecular weight excluding hydrogens is 218 g/mol. The van der Waals surface area contributed by atoms with Crippen LogP contribution in [0.15, 0.2) is 9.72 Å². The molecule has 1 aromatic rings. The number of thiazole rings is 1. The van der Waals surface area contributed by atoms with E-state index in [1.807, 2.05) is 12.3 Å². The maximum absolute atomic E-state index is 10.8. The summed E-state index contributed by atoms with van der Waals surface area (Å²) in [4.78, 5) is 15.1. The molecule has 0 aliphatic carbocycles. The molecule has 0 saturated heterocycles. The lowest BCUT2D eigenvalue weighted by Crippen LogP contribution is -1.99. The maximum atomic E-state index is 10.8. The standard InChI is InChI=1S/C9H13NO2S2/c1-7-6-14-9(10-7)13-5-3-4-8(11)12-2/h6H,3-5H2,1-2H3. The van der Waals surface area contributed by atoms with Crippen LogP contribution >= 0.6 is 23.1 Å². The summed E-state index contributed by atoms with van der Waals surface area (Å²) in [6.45, 7) is 1.98. The van der Waals surface area contributed by atoms with E-state index in [1.165, 1.54) is 7.11 Å². The molecule has 1 rings (SSSR count). The first-order valence-corrected chi connectivity index (χ1v) is 6.20. The number of aryl methyl sites for hydroxylation is 1. The first-order chi connectivity index (χ1) is 6.72. The smallest absolute Gasteiger partial charge is 0.305 e. The molecule has 0 aliphatic rings. The normalized spacial score (nSPS) is 10.1. The fraction of sp³-hybridized carbons (Fsp3) is 0.556. The molecule has 78 valence electrons. The zero-order valence-electron chi connectivity index (χ0n) is 8.28. The number of carbonyl (C=O) groups excluding carboxylic acids is 1. The van der Waals surface area contributed by atoms with Crippen LogP contribution < -0.4 is 0 Å². The Morgan fingerprint density at radius 1 is 1.71 bits per heavy atom. The van der Waals surface area contributed by atoms with Crippen molar-refractivity contribution in [2.45, 2.75) is 24.1 Å². The predicted molar refractivity (Wildman–Crippen MR) is 58.8 cm³/mol. The maximum Gasteiger partial charge on any atom is 0.305 e. The zero-order chi connectivity index (χ0) is 10.4. The van der Waals surface area contributed by atoms with E-state index in [4.69, 9.17) is 0 Å². The van der Waals surface area contributed by atoms with Crippen molar-refractivity contribution >= 4 is 29.1 Å². The number of hydrogen-bond donors (Lipinski definition) is 0. The van der Waals surface area contributed by atoms with Gasteiger partial charge in [-0.1, -0.05) is 11.8 Å². The van der Waals surface area contributed by atoms with Crippen LogP contribution in [0, 0.1) is 6.92 Å². The number of thioether (sulfide) groups is 1. The first kappa shape index (κ1) is 11.5. The molecule has 0 unspecified atom stereocenters. The van der Waals surface area contributed by atoms with Gasteiger partial charge in [0.1, 0.15) is 4.34 Å². The van der Waals surface area contributed by atoms with E-state index in [1.54, 1.807) is 23.1 Å². The quantitative estimate of drug-likeness (QED) is 0.443. The topological polar surface area (TPSA) is 39.2 Å². The number of carbonyl (C=O) groups is 1. The van der Waals surface area contributed by atoms with Gasteiger partial charge in [-0.3, -0.25) is 4.79 Å². The highest BCUT2D eigenvalue weighted by Crippen LogP contribution is 2.23. The van der Waals surface area contributed by atoms with Crippen LogP contribution in [0.4, 0.5) is 0 Å². The van der Waals surface area contributed by atoms with Gasteiger partial charge < -0.3 is 4.74 Å². The fourth-order valence-corrected chi connectivity index (χ4v) is 2.74. The first-order valence-electron chi connectivity index (χ1n) is 4.34. The number of aromatic nitrogens is 1. The fourth-order valence-electron chi connectivity index (χ4n) is 0.877. The van der Waals surface area contributed by atoms with Gasteiger partial charge in [0, 0.05) is 23.2 Å². The van der Waals surface area contributed by atoms with Crippen LogP contribution in [0.2, 0.25) is 0 Å². The lowest BCUT2D eigenvalue weighted by atomic mass is 10.3. The summed E-state index contributed by atoms with van der Waals surface area (Å²) < 4.78 is 5.62. The molecule has 0 atom stereocenters. The SMILES string of the molecule is COC(=O)CCCSc1nc(C)cs1. The molecule has 0 saturated carbocycles. The predicted octanol–water partition coefficient (Wildman–Crippen LogP) is 2.50. The van der Waals surface area contributed by atoms with Gasteiger partial charge in [-0.05, 0) is 13.3 Å². The molecule has 0 fully saturated rings. The lowest BCUT2D eigenvalue weighted by molar-refractivity contribution is -0.140. The minimum absolute atomic E-state index is 0.138. The number of hydrogen-bond acceptors (Lipinski definition) is 5. The van der Waals surface area contributed by atoms with E-state index in [2.05, 4.69) is 9.72 Å². The van der Waals surface area contributed by atoms with Gasteiger partial charge in [0.25, 0.3) is 0 Å². The molecule has 14 heavy (non-hydrogen) atoms. The third kappa shape index (κ3) is 4.11. The van der Waals surface area contributed by atoms with Gasteiger partial charge in [0.15, 0.2) is 0 Å². The largest absolute Gasteiger partial charge is 0.469 e. The number of ether oxygens (including phenoxy) is 1. The molecule has 0 aromatic carbocycles. The Morgan fingerprint density at radius 3 is 3.07 bits per heavy atom. The average Bonchev–Trinajstić information content (AvgIpc) is 2.58. The summed E-state index contributed by atoms with van der Waals surface area (Å²) in [5, 5.41) is 2.03. The number of esters is 1. The third-order valence-electron chi connectivity index (χ3n) is 1.58. The molecule has 0 aliphatic heterocycles. The van der Waals surface area contributed by atoms with E-state index in [0.29, 0.717) is 6.42 Å².